The second-order valence-corrected chi connectivity index (χ2v) is 25.3. The largest absolute Gasteiger partial charge is 0.394 e. The Morgan fingerprint density at radius 3 is 0.843 bits per heavy atom. The molecule has 3 N–H and O–H groups in total. The van der Waals surface area contributed by atoms with Crippen molar-refractivity contribution in [2.24, 2.45) is 0 Å². The fraction of sp³-hybridized carbons (Fsp3) is 0.810. The van der Waals surface area contributed by atoms with Gasteiger partial charge in [0.1, 0.15) is 0 Å². The third kappa shape index (κ3) is 70.2. The highest BCUT2D eigenvalue weighted by atomic mass is 16.3. The molecule has 4 heteroatoms. The van der Waals surface area contributed by atoms with E-state index in [2.05, 4.69) is 92.1 Å². The number of amides is 1. The Bertz CT molecular complexity index is 1450. The van der Waals surface area contributed by atoms with Crippen molar-refractivity contribution < 1.29 is 15.0 Å². The highest BCUT2D eigenvalue weighted by Gasteiger charge is 2.18. The summed E-state index contributed by atoms with van der Waals surface area (Å²) in [5, 5.41) is 23.3. The molecule has 0 aliphatic heterocycles. The number of aliphatic hydroxyl groups is 2. The number of nitrogens with one attached hydrogen (secondary N) is 1. The van der Waals surface area contributed by atoms with Crippen LogP contribution in [0, 0.1) is 0 Å². The van der Waals surface area contributed by atoms with E-state index in [1.807, 2.05) is 6.08 Å². The fourth-order valence-corrected chi connectivity index (χ4v) is 11.5. The molecule has 0 radical (unpaired) electrons. The zero-order chi connectivity index (χ0) is 59.8. The van der Waals surface area contributed by atoms with Crippen molar-refractivity contribution in [3.8, 4) is 0 Å². The summed E-state index contributed by atoms with van der Waals surface area (Å²) in [7, 11) is 0. The molecule has 83 heavy (non-hydrogen) atoms. The van der Waals surface area contributed by atoms with E-state index in [4.69, 9.17) is 0 Å². The van der Waals surface area contributed by atoms with Crippen molar-refractivity contribution in [2.45, 2.75) is 405 Å². The molecule has 0 aromatic carbocycles. The molecule has 0 spiro atoms. The molecule has 2 unspecified atom stereocenters. The summed E-state index contributed by atoms with van der Waals surface area (Å²) in [6, 6.07) is -0.643. The second-order valence-electron chi connectivity index (χ2n) is 25.3. The lowest BCUT2D eigenvalue weighted by Gasteiger charge is -2.19. The van der Waals surface area contributed by atoms with Crippen LogP contribution in [0.15, 0.2) is 85.1 Å². The maximum atomic E-state index is 12.6. The maximum Gasteiger partial charge on any atom is 0.220 e. The first-order valence-corrected chi connectivity index (χ1v) is 37.3. The molecular formula is C79H145NO3. The van der Waals surface area contributed by atoms with Gasteiger partial charge >= 0.3 is 0 Å². The van der Waals surface area contributed by atoms with Gasteiger partial charge in [-0.25, -0.2) is 0 Å². The zero-order valence-corrected chi connectivity index (χ0v) is 56.0. The van der Waals surface area contributed by atoms with Crippen molar-refractivity contribution in [1.82, 2.24) is 5.32 Å². The molecular weight excluding hydrogens is 1010 g/mol. The summed E-state index contributed by atoms with van der Waals surface area (Å²) in [5.41, 5.74) is 0. The minimum atomic E-state index is -0.866. The van der Waals surface area contributed by atoms with Gasteiger partial charge in [0.05, 0.1) is 18.8 Å². The van der Waals surface area contributed by atoms with Crippen LogP contribution in [-0.2, 0) is 4.79 Å². The van der Waals surface area contributed by atoms with E-state index < -0.39 is 12.1 Å². The van der Waals surface area contributed by atoms with Crippen LogP contribution in [0.3, 0.4) is 0 Å². The van der Waals surface area contributed by atoms with Gasteiger partial charge in [0.15, 0.2) is 0 Å². The van der Waals surface area contributed by atoms with E-state index in [1.54, 1.807) is 6.08 Å². The van der Waals surface area contributed by atoms with E-state index in [-0.39, 0.29) is 12.5 Å². The summed E-state index contributed by atoms with van der Waals surface area (Å²) in [6.07, 6.45) is 108. The molecule has 0 saturated carbocycles. The van der Waals surface area contributed by atoms with Crippen LogP contribution in [0.25, 0.3) is 0 Å². The lowest BCUT2D eigenvalue weighted by atomic mass is 10.0. The minimum absolute atomic E-state index is 0.0676. The van der Waals surface area contributed by atoms with Gasteiger partial charge in [-0.2, -0.15) is 0 Å². The topological polar surface area (TPSA) is 69.6 Å². The summed E-state index contributed by atoms with van der Waals surface area (Å²) in [4.78, 5) is 12.6. The summed E-state index contributed by atoms with van der Waals surface area (Å²) < 4.78 is 0. The van der Waals surface area contributed by atoms with Gasteiger partial charge in [-0.05, 0) is 77.0 Å². The number of hydrogen-bond donors (Lipinski definition) is 3. The average Bonchev–Trinajstić information content (AvgIpc) is 3.51. The highest BCUT2D eigenvalue weighted by molar-refractivity contribution is 5.76. The van der Waals surface area contributed by atoms with E-state index in [0.29, 0.717) is 6.42 Å². The standard InChI is InChI=1S/C79H145NO3/c1-3-5-7-9-11-13-15-17-19-21-23-25-27-29-31-33-35-37-38-39-40-41-42-43-45-47-49-51-53-55-57-59-61-63-65-67-69-71-73-75-79(83)80-77(76-81)78(82)74-72-70-68-66-64-62-60-58-56-54-52-50-48-46-44-36-34-32-30-28-26-24-22-20-18-16-14-12-10-8-6-4-2/h5,7,11,13,17,19,23,25,29,31,64,66,72,74,77-78,81-82H,3-4,6,8-10,12,14-16,18,20-22,24,26-28,30,32-63,65,67-71,73,75-76H2,1-2H3,(H,80,83)/b7-5-,13-11-,19-17-,25-23-,31-29-,66-64+,74-72+. The molecule has 0 aliphatic carbocycles. The normalized spacial score (nSPS) is 13.2. The molecule has 1 amide bonds. The number of allylic oxidation sites excluding steroid dienone is 13. The molecule has 0 aromatic heterocycles. The molecule has 0 fully saturated rings. The predicted molar refractivity (Wildman–Crippen MR) is 373 cm³/mol. The molecule has 0 rings (SSSR count). The maximum absolute atomic E-state index is 12.6. The SMILES string of the molecule is CC/C=C\C/C=C\C/C=C\C/C=C\C/C=C\CCCCCCCCCCCCCCCCCCCCCCCCCC(=O)NC(CO)C(O)/C=C/CC/C=C/CCCCCCCCCCCCCCCCCCCCCCCCCCCC. The van der Waals surface area contributed by atoms with Gasteiger partial charge in [0.25, 0.3) is 0 Å². The smallest absolute Gasteiger partial charge is 0.220 e. The van der Waals surface area contributed by atoms with Crippen LogP contribution >= 0.6 is 0 Å². The first kappa shape index (κ1) is 80.6. The van der Waals surface area contributed by atoms with Crippen LogP contribution in [-0.4, -0.2) is 34.9 Å². The Labute approximate surface area is 520 Å². The number of unbranched alkanes of at least 4 members (excludes halogenated alkanes) is 50. The number of hydrogen-bond acceptors (Lipinski definition) is 3. The Morgan fingerprint density at radius 1 is 0.301 bits per heavy atom. The second kappa shape index (κ2) is 73.8. The summed E-state index contributed by atoms with van der Waals surface area (Å²) in [5.74, 6) is -0.0676. The van der Waals surface area contributed by atoms with Gasteiger partial charge < -0.3 is 15.5 Å². The highest BCUT2D eigenvalue weighted by Crippen LogP contribution is 2.19. The molecule has 0 saturated heterocycles. The monoisotopic (exact) mass is 1160 g/mol. The number of carbonyl (C=O) groups excluding carboxylic acids is 1. The van der Waals surface area contributed by atoms with Crippen LogP contribution in [0.5, 0.6) is 0 Å². The molecule has 0 aliphatic rings. The van der Waals surface area contributed by atoms with Crippen LogP contribution < -0.4 is 5.32 Å². The first-order chi connectivity index (χ1) is 41.2. The molecule has 0 aromatic rings. The summed E-state index contributed by atoms with van der Waals surface area (Å²) in [6.45, 7) is 4.22. The average molecular weight is 1160 g/mol. The van der Waals surface area contributed by atoms with Crippen LogP contribution in [0.4, 0.5) is 0 Å². The van der Waals surface area contributed by atoms with Crippen molar-refractivity contribution in [3.05, 3.63) is 85.1 Å². The van der Waals surface area contributed by atoms with Gasteiger partial charge in [-0.1, -0.05) is 394 Å². The zero-order valence-electron chi connectivity index (χ0n) is 56.0. The van der Waals surface area contributed by atoms with Gasteiger partial charge in [-0.3, -0.25) is 4.79 Å². The quantitative estimate of drug-likeness (QED) is 0.0420. The molecule has 4 nitrogen and oxygen atoms in total. The summed E-state index contributed by atoms with van der Waals surface area (Å²) >= 11 is 0. The Kier molecular flexibility index (Phi) is 71.7. The number of carbonyl (C=O) groups is 1. The van der Waals surface area contributed by atoms with Crippen molar-refractivity contribution in [2.75, 3.05) is 6.61 Å². The van der Waals surface area contributed by atoms with Gasteiger partial charge in [0, 0.05) is 6.42 Å². The first-order valence-electron chi connectivity index (χ1n) is 37.3. The minimum Gasteiger partial charge on any atom is -0.394 e. The Hall–Kier alpha value is -2.43. The van der Waals surface area contributed by atoms with E-state index in [1.165, 1.54) is 308 Å². The molecule has 0 heterocycles. The van der Waals surface area contributed by atoms with Crippen molar-refractivity contribution in [1.29, 1.82) is 0 Å². The molecule has 2 atom stereocenters. The number of aliphatic hydroxyl groups excluding tert-OH is 2. The van der Waals surface area contributed by atoms with Crippen LogP contribution in [0.1, 0.15) is 393 Å². The Balaban J connectivity index is 3.45. The fourth-order valence-electron chi connectivity index (χ4n) is 11.5. The number of rotatable bonds is 69. The van der Waals surface area contributed by atoms with Gasteiger partial charge in [0.2, 0.25) is 5.91 Å². The van der Waals surface area contributed by atoms with E-state index in [0.717, 1.165) is 64.2 Å². The third-order valence-electron chi connectivity index (χ3n) is 17.1. The van der Waals surface area contributed by atoms with E-state index >= 15 is 0 Å². The van der Waals surface area contributed by atoms with Crippen molar-refractivity contribution in [3.63, 3.8) is 0 Å². The lowest BCUT2D eigenvalue weighted by Crippen LogP contribution is -2.45. The Morgan fingerprint density at radius 2 is 0.542 bits per heavy atom. The third-order valence-corrected chi connectivity index (χ3v) is 17.1. The van der Waals surface area contributed by atoms with Gasteiger partial charge in [-0.15, -0.1) is 0 Å². The van der Waals surface area contributed by atoms with E-state index in [9.17, 15) is 15.0 Å². The predicted octanol–water partition coefficient (Wildman–Crippen LogP) is 25.8. The lowest BCUT2D eigenvalue weighted by molar-refractivity contribution is -0.123. The molecule has 0 bridgehead atoms. The van der Waals surface area contributed by atoms with Crippen LogP contribution in [0.2, 0.25) is 0 Å². The molecule has 484 valence electrons. The van der Waals surface area contributed by atoms with Crippen molar-refractivity contribution >= 4 is 5.91 Å².